The van der Waals surface area contributed by atoms with E-state index < -0.39 is 12.1 Å². The van der Waals surface area contributed by atoms with E-state index in [0.717, 1.165) is 11.1 Å². The minimum Gasteiger partial charge on any atom is -0.479 e. The van der Waals surface area contributed by atoms with E-state index in [-0.39, 0.29) is 17.8 Å². The Kier molecular flexibility index (Phi) is 7.25. The van der Waals surface area contributed by atoms with Crippen molar-refractivity contribution in [2.24, 2.45) is 0 Å². The van der Waals surface area contributed by atoms with Gasteiger partial charge in [0.1, 0.15) is 30.0 Å². The zero-order valence-electron chi connectivity index (χ0n) is 18.9. The third-order valence-corrected chi connectivity index (χ3v) is 5.08. The number of esters is 1. The van der Waals surface area contributed by atoms with Gasteiger partial charge in [0.25, 0.3) is 0 Å². The van der Waals surface area contributed by atoms with Crippen molar-refractivity contribution in [3.63, 3.8) is 0 Å². The summed E-state index contributed by atoms with van der Waals surface area (Å²) in [5.41, 5.74) is 2.14. The fourth-order valence-corrected chi connectivity index (χ4v) is 3.30. The molecule has 1 unspecified atom stereocenters. The minimum absolute atomic E-state index is 0.0729. The summed E-state index contributed by atoms with van der Waals surface area (Å²) in [5.74, 6) is 0.452. The molecule has 3 aromatic carbocycles. The van der Waals surface area contributed by atoms with Crippen molar-refractivity contribution in [1.29, 1.82) is 0 Å². The van der Waals surface area contributed by atoms with Gasteiger partial charge in [0, 0.05) is 13.2 Å². The zero-order chi connectivity index (χ0) is 23.9. The number of benzene rings is 3. The Morgan fingerprint density at radius 2 is 1.62 bits per heavy atom. The molecule has 1 atom stereocenters. The number of methoxy groups -OCH3 is 1. The number of carbonyl (C=O) groups excluding carboxylic acids is 1. The lowest BCUT2D eigenvalue weighted by Gasteiger charge is -2.14. The molecule has 0 radical (unpaired) electrons. The van der Waals surface area contributed by atoms with Crippen LogP contribution in [0.3, 0.4) is 0 Å². The smallest absolute Gasteiger partial charge is 0.347 e. The molecule has 0 aliphatic heterocycles. The van der Waals surface area contributed by atoms with E-state index in [1.807, 2.05) is 42.5 Å². The van der Waals surface area contributed by atoms with Gasteiger partial charge in [0.05, 0.1) is 12.0 Å². The van der Waals surface area contributed by atoms with Gasteiger partial charge in [-0.3, -0.25) is 4.79 Å². The number of fused-ring (bicyclic) bond motifs is 1. The largest absolute Gasteiger partial charge is 0.479 e. The molecule has 0 bridgehead atoms. The van der Waals surface area contributed by atoms with E-state index in [0.29, 0.717) is 29.1 Å². The lowest BCUT2D eigenvalue weighted by atomic mass is 10.1. The Hall–Kier alpha value is -4.10. The van der Waals surface area contributed by atoms with E-state index in [9.17, 15) is 9.59 Å². The van der Waals surface area contributed by atoms with Crippen molar-refractivity contribution in [1.82, 2.24) is 0 Å². The number of hydrogen-bond acceptors (Lipinski definition) is 7. The van der Waals surface area contributed by atoms with Crippen LogP contribution >= 0.6 is 0 Å². The van der Waals surface area contributed by atoms with Gasteiger partial charge in [-0.05, 0) is 42.3 Å². The molecule has 0 spiro atoms. The van der Waals surface area contributed by atoms with Crippen molar-refractivity contribution >= 4 is 16.9 Å². The second kappa shape index (κ2) is 10.7. The third-order valence-electron chi connectivity index (χ3n) is 5.08. The van der Waals surface area contributed by atoms with E-state index >= 15 is 0 Å². The summed E-state index contributed by atoms with van der Waals surface area (Å²) >= 11 is 0. The topological polar surface area (TPSA) is 84.2 Å². The maximum Gasteiger partial charge on any atom is 0.347 e. The SMILES string of the molecule is COCCOC(=O)C(C)Oc1ccc2c(=O)c(Oc3ccc(-c4ccccc4)cc3)coc2c1. The molecule has 4 rings (SSSR count). The highest BCUT2D eigenvalue weighted by molar-refractivity contribution is 5.79. The molecule has 1 aromatic heterocycles. The Balaban J connectivity index is 1.46. The van der Waals surface area contributed by atoms with E-state index in [1.165, 1.54) is 13.4 Å². The monoisotopic (exact) mass is 460 g/mol. The van der Waals surface area contributed by atoms with Crippen LogP contribution in [0.15, 0.2) is 88.3 Å². The van der Waals surface area contributed by atoms with E-state index in [1.54, 1.807) is 37.3 Å². The van der Waals surface area contributed by atoms with Crippen LogP contribution in [-0.2, 0) is 14.3 Å². The standard InChI is InChI=1S/C27H24O7/c1-18(27(29)31-15-14-30-2)33-22-12-13-23-24(16-22)32-17-25(26(23)28)34-21-10-8-20(9-11-21)19-6-4-3-5-7-19/h3-13,16-18H,14-15H2,1-2H3. The molecule has 0 saturated heterocycles. The molecule has 34 heavy (non-hydrogen) atoms. The highest BCUT2D eigenvalue weighted by Gasteiger charge is 2.17. The quantitative estimate of drug-likeness (QED) is 0.250. The maximum absolute atomic E-state index is 12.9. The van der Waals surface area contributed by atoms with Gasteiger partial charge in [0.2, 0.25) is 11.2 Å². The number of ether oxygens (including phenoxy) is 4. The summed E-state index contributed by atoms with van der Waals surface area (Å²) in [6, 6.07) is 22.2. The summed E-state index contributed by atoms with van der Waals surface area (Å²) in [7, 11) is 1.52. The van der Waals surface area contributed by atoms with Crippen LogP contribution in [0.4, 0.5) is 0 Å². The molecule has 0 fully saturated rings. The predicted molar refractivity (Wildman–Crippen MR) is 127 cm³/mol. The van der Waals surface area contributed by atoms with Crippen LogP contribution in [-0.4, -0.2) is 32.4 Å². The van der Waals surface area contributed by atoms with Gasteiger partial charge in [-0.1, -0.05) is 42.5 Å². The van der Waals surface area contributed by atoms with Gasteiger partial charge < -0.3 is 23.4 Å². The van der Waals surface area contributed by atoms with Gasteiger partial charge in [-0.2, -0.15) is 0 Å². The molecule has 0 aliphatic carbocycles. The number of carbonyl (C=O) groups is 1. The molecule has 0 N–H and O–H groups in total. The van der Waals surface area contributed by atoms with Crippen LogP contribution in [0.5, 0.6) is 17.2 Å². The first-order valence-electron chi connectivity index (χ1n) is 10.8. The van der Waals surface area contributed by atoms with E-state index in [4.69, 9.17) is 23.4 Å². The fourth-order valence-electron chi connectivity index (χ4n) is 3.30. The number of hydrogen-bond donors (Lipinski definition) is 0. The van der Waals surface area contributed by atoms with Crippen LogP contribution in [0.1, 0.15) is 6.92 Å². The molecule has 4 aromatic rings. The van der Waals surface area contributed by atoms with Crippen LogP contribution < -0.4 is 14.9 Å². The summed E-state index contributed by atoms with van der Waals surface area (Å²) < 4.78 is 26.9. The Labute approximate surface area is 196 Å². The molecule has 174 valence electrons. The third kappa shape index (κ3) is 5.44. The maximum atomic E-state index is 12.9. The Bertz CT molecular complexity index is 1310. The molecule has 1 heterocycles. The first-order chi connectivity index (χ1) is 16.5. The normalized spacial score (nSPS) is 11.7. The highest BCUT2D eigenvalue weighted by atomic mass is 16.6. The summed E-state index contributed by atoms with van der Waals surface area (Å²) in [5, 5.41) is 0.334. The van der Waals surface area contributed by atoms with Crippen molar-refractivity contribution in [3.8, 4) is 28.4 Å². The van der Waals surface area contributed by atoms with Gasteiger partial charge >= 0.3 is 5.97 Å². The number of rotatable bonds is 9. The average Bonchev–Trinajstić information content (AvgIpc) is 2.87. The molecular weight excluding hydrogens is 436 g/mol. The molecule has 7 nitrogen and oxygen atoms in total. The van der Waals surface area contributed by atoms with Gasteiger partial charge in [-0.15, -0.1) is 0 Å². The first kappa shape index (κ1) is 23.1. The fraction of sp³-hybridized carbons (Fsp3) is 0.185. The lowest BCUT2D eigenvalue weighted by molar-refractivity contribution is -0.152. The molecule has 0 aliphatic rings. The van der Waals surface area contributed by atoms with Crippen LogP contribution in [0.2, 0.25) is 0 Å². The molecule has 0 amide bonds. The van der Waals surface area contributed by atoms with Gasteiger partial charge in [-0.25, -0.2) is 4.79 Å². The highest BCUT2D eigenvalue weighted by Crippen LogP contribution is 2.27. The van der Waals surface area contributed by atoms with Crippen molar-refractivity contribution in [2.75, 3.05) is 20.3 Å². The van der Waals surface area contributed by atoms with Crippen molar-refractivity contribution in [3.05, 3.63) is 89.3 Å². The minimum atomic E-state index is -0.831. The molecule has 0 saturated carbocycles. The van der Waals surface area contributed by atoms with Gasteiger partial charge in [0.15, 0.2) is 6.10 Å². The average molecular weight is 460 g/mol. The van der Waals surface area contributed by atoms with Crippen molar-refractivity contribution in [2.45, 2.75) is 13.0 Å². The van der Waals surface area contributed by atoms with Crippen molar-refractivity contribution < 1.29 is 28.2 Å². The summed E-state index contributed by atoms with van der Waals surface area (Å²) in [4.78, 5) is 24.9. The first-order valence-corrected chi connectivity index (χ1v) is 10.8. The van der Waals surface area contributed by atoms with Crippen LogP contribution in [0, 0.1) is 0 Å². The summed E-state index contributed by atoms with van der Waals surface area (Å²) in [6.45, 7) is 2.03. The second-order valence-electron chi connectivity index (χ2n) is 7.50. The van der Waals surface area contributed by atoms with E-state index in [2.05, 4.69) is 0 Å². The summed E-state index contributed by atoms with van der Waals surface area (Å²) in [6.07, 6.45) is 0.435. The molecular formula is C27H24O7. The lowest BCUT2D eigenvalue weighted by Crippen LogP contribution is -2.27. The Morgan fingerprint density at radius 3 is 2.35 bits per heavy atom. The van der Waals surface area contributed by atoms with Crippen LogP contribution in [0.25, 0.3) is 22.1 Å². The molecule has 7 heteroatoms. The zero-order valence-corrected chi connectivity index (χ0v) is 18.9. The Morgan fingerprint density at radius 1 is 0.912 bits per heavy atom. The second-order valence-corrected chi connectivity index (χ2v) is 7.50. The predicted octanol–water partition coefficient (Wildman–Crippen LogP) is 5.21.